The van der Waals surface area contributed by atoms with Crippen LogP contribution in [0.15, 0.2) is 0 Å². The van der Waals surface area contributed by atoms with Crippen LogP contribution in [0.5, 0.6) is 0 Å². The number of hydrogen-bond donors (Lipinski definition) is 1. The zero-order chi connectivity index (χ0) is 10.2. The molecule has 0 bridgehead atoms. The van der Waals surface area contributed by atoms with Crippen molar-refractivity contribution in [1.82, 2.24) is 10.2 Å². The molecule has 0 aromatic rings. The molecule has 2 nitrogen and oxygen atoms in total. The minimum absolute atomic E-state index is 0.703. The fraction of sp³-hybridized carbons (Fsp3) is 1.00. The molecule has 1 aliphatic heterocycles. The summed E-state index contributed by atoms with van der Waals surface area (Å²) >= 11 is 0. The summed E-state index contributed by atoms with van der Waals surface area (Å²) in [7, 11) is 2.26. The summed E-state index contributed by atoms with van der Waals surface area (Å²) in [5.41, 5.74) is 0.758. The van der Waals surface area contributed by atoms with E-state index in [4.69, 9.17) is 0 Å². The fourth-order valence-corrected chi connectivity index (χ4v) is 2.79. The van der Waals surface area contributed by atoms with E-state index in [1.165, 1.54) is 38.9 Å². The molecule has 0 aromatic heterocycles. The second-order valence-electron chi connectivity index (χ2n) is 5.55. The highest BCUT2D eigenvalue weighted by atomic mass is 15.1. The number of nitrogens with zero attached hydrogens (tertiary/aromatic N) is 1. The molecular weight excluding hydrogens is 172 g/mol. The SMILES string of the molecule is CC(C)N(C)CC1CC12CCNCC2. The van der Waals surface area contributed by atoms with Crippen molar-refractivity contribution in [3.63, 3.8) is 0 Å². The highest BCUT2D eigenvalue weighted by Gasteiger charge is 2.53. The van der Waals surface area contributed by atoms with Crippen LogP contribution in [0.2, 0.25) is 0 Å². The lowest BCUT2D eigenvalue weighted by Gasteiger charge is -2.26. The minimum atomic E-state index is 0.703. The predicted molar refractivity (Wildman–Crippen MR) is 60.4 cm³/mol. The second kappa shape index (κ2) is 3.82. The maximum Gasteiger partial charge on any atom is 0.00356 e. The van der Waals surface area contributed by atoms with E-state index in [1.54, 1.807) is 0 Å². The summed E-state index contributed by atoms with van der Waals surface area (Å²) < 4.78 is 0. The Morgan fingerprint density at radius 2 is 2.00 bits per heavy atom. The molecule has 0 radical (unpaired) electrons. The third kappa shape index (κ3) is 1.96. The van der Waals surface area contributed by atoms with E-state index in [2.05, 4.69) is 31.1 Å². The molecule has 1 heterocycles. The molecule has 0 amide bonds. The molecule has 2 heteroatoms. The Kier molecular flexibility index (Phi) is 2.85. The topological polar surface area (TPSA) is 15.3 Å². The summed E-state index contributed by atoms with van der Waals surface area (Å²) in [4.78, 5) is 2.50. The van der Waals surface area contributed by atoms with Crippen LogP contribution in [0.3, 0.4) is 0 Å². The molecule has 2 rings (SSSR count). The number of nitrogens with one attached hydrogen (secondary N) is 1. The van der Waals surface area contributed by atoms with Gasteiger partial charge in [-0.15, -0.1) is 0 Å². The van der Waals surface area contributed by atoms with E-state index in [-0.39, 0.29) is 0 Å². The van der Waals surface area contributed by atoms with Crippen molar-refractivity contribution < 1.29 is 0 Å². The van der Waals surface area contributed by atoms with Crippen molar-refractivity contribution in [3.8, 4) is 0 Å². The van der Waals surface area contributed by atoms with Gasteiger partial charge in [0.05, 0.1) is 0 Å². The molecular formula is C12H24N2. The Bertz CT molecular complexity index is 194. The quantitative estimate of drug-likeness (QED) is 0.739. The highest BCUT2D eigenvalue weighted by molar-refractivity contribution is 5.05. The van der Waals surface area contributed by atoms with Gasteiger partial charge < -0.3 is 10.2 Å². The van der Waals surface area contributed by atoms with Crippen LogP contribution < -0.4 is 5.32 Å². The Morgan fingerprint density at radius 3 is 2.57 bits per heavy atom. The second-order valence-corrected chi connectivity index (χ2v) is 5.55. The maximum atomic E-state index is 3.46. The van der Waals surface area contributed by atoms with Crippen LogP contribution >= 0.6 is 0 Å². The highest BCUT2D eigenvalue weighted by Crippen LogP contribution is 2.58. The first-order valence-corrected chi connectivity index (χ1v) is 6.05. The van der Waals surface area contributed by atoms with Gasteiger partial charge in [-0.25, -0.2) is 0 Å². The Balaban J connectivity index is 1.80. The number of rotatable bonds is 3. The van der Waals surface area contributed by atoms with E-state index < -0.39 is 0 Å². The molecule has 1 aliphatic carbocycles. The standard InChI is InChI=1S/C12H24N2/c1-10(2)14(3)9-11-8-12(11)4-6-13-7-5-12/h10-11,13H,4-9H2,1-3H3. The van der Waals surface area contributed by atoms with Gasteiger partial charge in [-0.3, -0.25) is 0 Å². The molecule has 14 heavy (non-hydrogen) atoms. The molecule has 1 N–H and O–H groups in total. The van der Waals surface area contributed by atoms with Gasteiger partial charge in [0.2, 0.25) is 0 Å². The summed E-state index contributed by atoms with van der Waals surface area (Å²) in [6.07, 6.45) is 4.33. The Labute approximate surface area is 88.1 Å². The first-order chi connectivity index (χ1) is 6.64. The lowest BCUT2D eigenvalue weighted by molar-refractivity contribution is 0.229. The van der Waals surface area contributed by atoms with Crippen LogP contribution in [-0.2, 0) is 0 Å². The summed E-state index contributed by atoms with van der Waals surface area (Å²) in [5, 5.41) is 3.46. The van der Waals surface area contributed by atoms with Crippen molar-refractivity contribution in [1.29, 1.82) is 0 Å². The van der Waals surface area contributed by atoms with Gasteiger partial charge in [0.15, 0.2) is 0 Å². The van der Waals surface area contributed by atoms with Crippen molar-refractivity contribution in [2.24, 2.45) is 11.3 Å². The van der Waals surface area contributed by atoms with Gasteiger partial charge in [-0.2, -0.15) is 0 Å². The van der Waals surface area contributed by atoms with Crippen LogP contribution in [0.1, 0.15) is 33.1 Å². The third-order valence-electron chi connectivity index (χ3n) is 4.35. The van der Waals surface area contributed by atoms with Crippen LogP contribution in [0, 0.1) is 11.3 Å². The number of hydrogen-bond acceptors (Lipinski definition) is 2. The lowest BCUT2D eigenvalue weighted by atomic mass is 9.92. The maximum absolute atomic E-state index is 3.46. The third-order valence-corrected chi connectivity index (χ3v) is 4.35. The zero-order valence-electron chi connectivity index (χ0n) is 9.84. The van der Waals surface area contributed by atoms with Crippen molar-refractivity contribution >= 4 is 0 Å². The van der Waals surface area contributed by atoms with E-state index in [1.807, 2.05) is 0 Å². The molecule has 1 spiro atoms. The van der Waals surface area contributed by atoms with E-state index in [9.17, 15) is 0 Å². The molecule has 2 aliphatic rings. The average Bonchev–Trinajstić information content (AvgIpc) is 2.79. The molecule has 2 fully saturated rings. The smallest absolute Gasteiger partial charge is 0.00356 e. The zero-order valence-corrected chi connectivity index (χ0v) is 9.84. The normalized spacial score (nSPS) is 30.2. The van der Waals surface area contributed by atoms with E-state index >= 15 is 0 Å². The summed E-state index contributed by atoms with van der Waals surface area (Å²) in [6.45, 7) is 8.40. The monoisotopic (exact) mass is 196 g/mol. The minimum Gasteiger partial charge on any atom is -0.317 e. The van der Waals surface area contributed by atoms with Crippen LogP contribution in [0.25, 0.3) is 0 Å². The summed E-state index contributed by atoms with van der Waals surface area (Å²) in [5.74, 6) is 0.997. The first kappa shape index (κ1) is 10.4. The van der Waals surface area contributed by atoms with E-state index in [0.717, 1.165) is 11.3 Å². The van der Waals surface area contributed by atoms with Crippen molar-refractivity contribution in [2.45, 2.75) is 39.2 Å². The van der Waals surface area contributed by atoms with Gasteiger partial charge in [0, 0.05) is 12.6 Å². The van der Waals surface area contributed by atoms with Gasteiger partial charge in [0.1, 0.15) is 0 Å². The van der Waals surface area contributed by atoms with Gasteiger partial charge in [0.25, 0.3) is 0 Å². The Morgan fingerprint density at radius 1 is 1.36 bits per heavy atom. The van der Waals surface area contributed by atoms with E-state index in [0.29, 0.717) is 6.04 Å². The van der Waals surface area contributed by atoms with Gasteiger partial charge in [-0.05, 0) is 64.6 Å². The average molecular weight is 196 g/mol. The fourth-order valence-electron chi connectivity index (χ4n) is 2.79. The molecule has 1 saturated heterocycles. The van der Waals surface area contributed by atoms with Gasteiger partial charge >= 0.3 is 0 Å². The van der Waals surface area contributed by atoms with Crippen LogP contribution in [-0.4, -0.2) is 37.6 Å². The number of piperidine rings is 1. The molecule has 82 valence electrons. The molecule has 1 atom stereocenters. The molecule has 0 aromatic carbocycles. The Hall–Kier alpha value is -0.0800. The molecule has 1 unspecified atom stereocenters. The first-order valence-electron chi connectivity index (χ1n) is 6.05. The van der Waals surface area contributed by atoms with Crippen LogP contribution in [0.4, 0.5) is 0 Å². The lowest BCUT2D eigenvalue weighted by Crippen LogP contribution is -2.33. The molecule has 1 saturated carbocycles. The van der Waals surface area contributed by atoms with Crippen molar-refractivity contribution in [2.75, 3.05) is 26.7 Å². The summed E-state index contributed by atoms with van der Waals surface area (Å²) in [6, 6.07) is 0.703. The largest absolute Gasteiger partial charge is 0.317 e. The predicted octanol–water partition coefficient (Wildman–Crippen LogP) is 1.72. The van der Waals surface area contributed by atoms with Gasteiger partial charge in [-0.1, -0.05) is 0 Å². The van der Waals surface area contributed by atoms with Crippen molar-refractivity contribution in [3.05, 3.63) is 0 Å².